The Hall–Kier alpha value is -1.40. The van der Waals surface area contributed by atoms with Crippen molar-refractivity contribution < 1.29 is 42.6 Å². The van der Waals surface area contributed by atoms with E-state index in [4.69, 9.17) is 24.6 Å². The summed E-state index contributed by atoms with van der Waals surface area (Å²) >= 11 is 0. The zero-order valence-corrected chi connectivity index (χ0v) is 13.5. The molecule has 1 unspecified atom stereocenters. The molecule has 0 amide bonds. The van der Waals surface area contributed by atoms with Crippen LogP contribution in [-0.2, 0) is 22.7 Å². The topological polar surface area (TPSA) is 190 Å². The lowest BCUT2D eigenvalue weighted by Gasteiger charge is -2.17. The van der Waals surface area contributed by atoms with Gasteiger partial charge >= 0.3 is 21.3 Å². The van der Waals surface area contributed by atoms with E-state index in [-0.39, 0.29) is 5.82 Å². The molecule has 0 saturated carbocycles. The van der Waals surface area contributed by atoms with E-state index >= 15 is 0 Å². The van der Waals surface area contributed by atoms with Crippen molar-refractivity contribution in [2.24, 2.45) is 0 Å². The molecule has 1 aliphatic rings. The minimum absolute atomic E-state index is 0.0612. The van der Waals surface area contributed by atoms with Gasteiger partial charge in [0.05, 0.1) is 6.61 Å². The van der Waals surface area contributed by atoms with Crippen molar-refractivity contribution in [2.45, 2.75) is 12.3 Å². The molecular formula is C9H13N3O10P2. The van der Waals surface area contributed by atoms with Crippen molar-refractivity contribution in [2.75, 3.05) is 12.1 Å². The van der Waals surface area contributed by atoms with Gasteiger partial charge in [-0.05, 0) is 12.1 Å². The summed E-state index contributed by atoms with van der Waals surface area (Å²) in [4.78, 5) is 41.3. The van der Waals surface area contributed by atoms with Crippen molar-refractivity contribution >= 4 is 21.5 Å². The zero-order chi connectivity index (χ0) is 18.0. The molecule has 0 saturated heterocycles. The van der Waals surface area contributed by atoms with E-state index in [1.807, 2.05) is 0 Å². The standard InChI is InChI=1S/C9H13N3O10P2/c13-9-10-7(11-14)3-4-12(9)8-2-1-6(21-8)5-20-24(18,19)22-23(15,16)17/h1-4,6,8,14H,5H2,(H,18,19)(H,10,11,13)(H2,15,16,17)/t6-,8+/m1/s1. The fraction of sp³-hybridized carbons (Fsp3) is 0.333. The second-order valence-corrected chi connectivity index (χ2v) is 7.23. The molecule has 0 spiro atoms. The van der Waals surface area contributed by atoms with Gasteiger partial charge in [-0.3, -0.25) is 19.8 Å². The molecule has 0 bridgehead atoms. The lowest BCUT2D eigenvalue weighted by Crippen LogP contribution is -2.28. The Morgan fingerprint density at radius 3 is 2.62 bits per heavy atom. The Balaban J connectivity index is 1.95. The lowest BCUT2D eigenvalue weighted by molar-refractivity contribution is -0.0103. The van der Waals surface area contributed by atoms with Crippen molar-refractivity contribution in [3.8, 4) is 0 Å². The normalized spacial score (nSPS) is 23.2. The van der Waals surface area contributed by atoms with Gasteiger partial charge in [0, 0.05) is 6.20 Å². The number of rotatable bonds is 7. The maximum Gasteiger partial charge on any atom is 0.481 e. The van der Waals surface area contributed by atoms with E-state index < -0.39 is 40.3 Å². The van der Waals surface area contributed by atoms with Gasteiger partial charge in [-0.2, -0.15) is 9.29 Å². The predicted molar refractivity (Wildman–Crippen MR) is 75.9 cm³/mol. The van der Waals surface area contributed by atoms with Gasteiger partial charge in [0.25, 0.3) is 0 Å². The predicted octanol–water partition coefficient (Wildman–Crippen LogP) is -0.276. The molecule has 1 aliphatic heterocycles. The van der Waals surface area contributed by atoms with Gasteiger partial charge in [0.1, 0.15) is 6.10 Å². The van der Waals surface area contributed by atoms with E-state index in [1.165, 1.54) is 24.4 Å². The Morgan fingerprint density at radius 2 is 2.04 bits per heavy atom. The number of nitrogens with one attached hydrogen (secondary N) is 1. The molecule has 2 heterocycles. The largest absolute Gasteiger partial charge is 0.481 e. The third-order valence-electron chi connectivity index (χ3n) is 2.63. The Labute approximate surface area is 133 Å². The highest BCUT2D eigenvalue weighted by atomic mass is 31.3. The smallest absolute Gasteiger partial charge is 0.344 e. The van der Waals surface area contributed by atoms with Crippen LogP contribution < -0.4 is 11.2 Å². The number of anilines is 1. The van der Waals surface area contributed by atoms with Crippen LogP contribution in [0.3, 0.4) is 0 Å². The summed E-state index contributed by atoms with van der Waals surface area (Å²) in [7, 11) is -10.2. The summed E-state index contributed by atoms with van der Waals surface area (Å²) in [5, 5.41) is 8.65. The van der Waals surface area contributed by atoms with Crippen LogP contribution >= 0.6 is 15.6 Å². The van der Waals surface area contributed by atoms with Crippen LogP contribution in [0.2, 0.25) is 0 Å². The first-order valence-electron chi connectivity index (χ1n) is 6.17. The minimum atomic E-state index is -5.20. The molecule has 2 rings (SSSR count). The summed E-state index contributed by atoms with van der Waals surface area (Å²) in [6.45, 7) is -0.556. The maximum atomic E-state index is 11.7. The number of phosphoric acid groups is 2. The first-order chi connectivity index (χ1) is 11.1. The van der Waals surface area contributed by atoms with E-state index in [1.54, 1.807) is 5.48 Å². The van der Waals surface area contributed by atoms with Crippen LogP contribution in [0, 0.1) is 0 Å². The quantitative estimate of drug-likeness (QED) is 0.235. The summed E-state index contributed by atoms with van der Waals surface area (Å²) in [5.41, 5.74) is 0.977. The highest BCUT2D eigenvalue weighted by Crippen LogP contribution is 2.57. The van der Waals surface area contributed by atoms with Crippen LogP contribution in [0.15, 0.2) is 29.2 Å². The Bertz CT molecular complexity index is 773. The molecule has 0 fully saturated rings. The molecule has 0 aromatic carbocycles. The van der Waals surface area contributed by atoms with E-state index in [0.29, 0.717) is 0 Å². The van der Waals surface area contributed by atoms with E-state index in [2.05, 4.69) is 13.8 Å². The first kappa shape index (κ1) is 18.9. The molecule has 1 aromatic heterocycles. The number of phosphoric ester groups is 1. The van der Waals surface area contributed by atoms with Crippen LogP contribution in [0.4, 0.5) is 5.82 Å². The fourth-order valence-electron chi connectivity index (χ4n) is 1.74. The van der Waals surface area contributed by atoms with Crippen LogP contribution in [0.25, 0.3) is 0 Å². The number of aromatic nitrogens is 2. The van der Waals surface area contributed by atoms with Gasteiger partial charge in [-0.1, -0.05) is 6.08 Å². The molecule has 0 aliphatic carbocycles. The number of ether oxygens (including phenoxy) is 1. The first-order valence-corrected chi connectivity index (χ1v) is 9.19. The molecule has 1 aromatic rings. The van der Waals surface area contributed by atoms with Crippen LogP contribution in [-0.4, -0.2) is 42.1 Å². The number of hydrogen-bond donors (Lipinski definition) is 5. The summed E-state index contributed by atoms with van der Waals surface area (Å²) < 4.78 is 36.3. The third-order valence-corrected chi connectivity index (χ3v) is 4.79. The van der Waals surface area contributed by atoms with Gasteiger partial charge in [-0.15, -0.1) is 0 Å². The molecule has 5 N–H and O–H groups in total. The molecule has 13 nitrogen and oxygen atoms in total. The molecule has 24 heavy (non-hydrogen) atoms. The molecule has 0 radical (unpaired) electrons. The van der Waals surface area contributed by atoms with Crippen molar-refractivity contribution in [1.29, 1.82) is 0 Å². The van der Waals surface area contributed by atoms with Gasteiger partial charge in [0.2, 0.25) is 0 Å². The summed E-state index contributed by atoms with van der Waals surface area (Å²) in [5.74, 6) is -0.0612. The molecular weight excluding hydrogens is 372 g/mol. The average Bonchev–Trinajstić information content (AvgIpc) is 2.91. The van der Waals surface area contributed by atoms with E-state index in [0.717, 1.165) is 4.57 Å². The molecule has 134 valence electrons. The maximum absolute atomic E-state index is 11.7. The average molecular weight is 385 g/mol. The summed E-state index contributed by atoms with van der Waals surface area (Å²) in [6.07, 6.45) is 2.38. The van der Waals surface area contributed by atoms with Crippen LogP contribution in [0.5, 0.6) is 0 Å². The molecule has 15 heteroatoms. The molecule has 3 atom stereocenters. The minimum Gasteiger partial charge on any atom is -0.344 e. The van der Waals surface area contributed by atoms with E-state index in [9.17, 15) is 13.9 Å². The number of nitrogens with zero attached hydrogens (tertiary/aromatic N) is 2. The second-order valence-electron chi connectivity index (χ2n) is 4.40. The highest BCUT2D eigenvalue weighted by molar-refractivity contribution is 7.60. The fourth-order valence-corrected chi connectivity index (χ4v) is 3.34. The Morgan fingerprint density at radius 1 is 1.33 bits per heavy atom. The van der Waals surface area contributed by atoms with Crippen molar-refractivity contribution in [1.82, 2.24) is 9.55 Å². The van der Waals surface area contributed by atoms with Crippen LogP contribution in [0.1, 0.15) is 6.23 Å². The second kappa shape index (κ2) is 7.23. The SMILES string of the molecule is O=c1nc(NO)ccn1[C@@H]1C=C[C@H](COP(=O)(O)OP(=O)(O)O)O1. The van der Waals surface area contributed by atoms with Crippen molar-refractivity contribution in [3.63, 3.8) is 0 Å². The van der Waals surface area contributed by atoms with Gasteiger partial charge in [-0.25, -0.2) is 13.9 Å². The summed E-state index contributed by atoms with van der Waals surface area (Å²) in [6, 6.07) is 1.30. The third kappa shape index (κ3) is 5.31. The zero-order valence-electron chi connectivity index (χ0n) is 11.7. The highest BCUT2D eigenvalue weighted by Gasteiger charge is 2.34. The Kier molecular flexibility index (Phi) is 5.71. The number of hydrogen-bond acceptors (Lipinski definition) is 9. The van der Waals surface area contributed by atoms with Crippen molar-refractivity contribution in [3.05, 3.63) is 34.9 Å². The van der Waals surface area contributed by atoms with Gasteiger partial charge in [0.15, 0.2) is 12.0 Å². The monoisotopic (exact) mass is 385 g/mol. The lowest BCUT2D eigenvalue weighted by atomic mass is 10.4. The van der Waals surface area contributed by atoms with Gasteiger partial charge < -0.3 is 19.4 Å².